The summed E-state index contributed by atoms with van der Waals surface area (Å²) in [5.41, 5.74) is 1.37. The van der Waals surface area contributed by atoms with Crippen LogP contribution in [0.3, 0.4) is 0 Å². The minimum Gasteiger partial charge on any atom is -0.490 e. The zero-order chi connectivity index (χ0) is 17.4. The summed E-state index contributed by atoms with van der Waals surface area (Å²) in [4.78, 5) is 0. The molecule has 9 heteroatoms. The molecule has 4 rings (SSSR count). The maximum absolute atomic E-state index is 11.9. The molecule has 1 aromatic heterocycles. The van der Waals surface area contributed by atoms with Crippen LogP contribution >= 0.6 is 11.6 Å². The standard InChI is InChI=1S/C16H18ClN3O4S/c17-15-14(16-19-25(21,22)10-7-20(16)18-15)11-1-3-12(4-2-11)24-13-5-8-23-9-6-13/h1-4,13,19H,5-10H2. The van der Waals surface area contributed by atoms with Gasteiger partial charge in [-0.05, 0) is 17.7 Å². The number of rotatable bonds is 3. The highest BCUT2D eigenvalue weighted by Gasteiger charge is 2.27. The van der Waals surface area contributed by atoms with Crippen LogP contribution in [0, 0.1) is 0 Å². The molecular formula is C16H18ClN3O4S. The van der Waals surface area contributed by atoms with Gasteiger partial charge in [-0.2, -0.15) is 5.10 Å². The molecule has 1 N–H and O–H groups in total. The Kier molecular flexibility index (Phi) is 4.35. The Balaban J connectivity index is 1.59. The van der Waals surface area contributed by atoms with Crippen LogP contribution in [-0.2, 0) is 21.3 Å². The first-order chi connectivity index (χ1) is 12.0. The van der Waals surface area contributed by atoms with Crippen molar-refractivity contribution in [1.29, 1.82) is 0 Å². The van der Waals surface area contributed by atoms with Crippen LogP contribution in [-0.4, -0.2) is 43.3 Å². The number of anilines is 1. The van der Waals surface area contributed by atoms with Gasteiger partial charge in [-0.15, -0.1) is 0 Å². The van der Waals surface area contributed by atoms with Crippen LogP contribution in [0.1, 0.15) is 12.8 Å². The van der Waals surface area contributed by atoms with Gasteiger partial charge in [0.2, 0.25) is 10.0 Å². The van der Waals surface area contributed by atoms with Gasteiger partial charge >= 0.3 is 0 Å². The minimum atomic E-state index is -3.35. The molecule has 134 valence electrons. The number of hydrogen-bond acceptors (Lipinski definition) is 5. The summed E-state index contributed by atoms with van der Waals surface area (Å²) >= 11 is 6.25. The average Bonchev–Trinajstić information content (AvgIpc) is 2.91. The van der Waals surface area contributed by atoms with Crippen LogP contribution in [0.5, 0.6) is 5.75 Å². The molecule has 25 heavy (non-hydrogen) atoms. The number of nitrogens with zero attached hydrogens (tertiary/aromatic N) is 2. The van der Waals surface area contributed by atoms with Gasteiger partial charge in [-0.3, -0.25) is 4.72 Å². The van der Waals surface area contributed by atoms with Crippen LogP contribution < -0.4 is 9.46 Å². The molecule has 1 saturated heterocycles. The lowest BCUT2D eigenvalue weighted by atomic mass is 10.1. The number of benzene rings is 1. The first kappa shape index (κ1) is 16.7. The number of fused-ring (bicyclic) bond motifs is 1. The van der Waals surface area contributed by atoms with Crippen LogP contribution in [0.4, 0.5) is 5.82 Å². The first-order valence-electron chi connectivity index (χ1n) is 8.13. The van der Waals surface area contributed by atoms with Crippen molar-refractivity contribution in [1.82, 2.24) is 9.78 Å². The molecule has 0 bridgehead atoms. The van der Waals surface area contributed by atoms with Crippen LogP contribution in [0.15, 0.2) is 24.3 Å². The number of aryl methyl sites for hydroxylation is 1. The van der Waals surface area contributed by atoms with Crippen molar-refractivity contribution < 1.29 is 17.9 Å². The first-order valence-corrected chi connectivity index (χ1v) is 10.2. The molecule has 2 aromatic rings. The minimum absolute atomic E-state index is 0.00463. The van der Waals surface area contributed by atoms with E-state index in [0.717, 1.165) is 37.4 Å². The number of nitrogens with one attached hydrogen (secondary N) is 1. The van der Waals surface area contributed by atoms with E-state index in [9.17, 15) is 8.42 Å². The van der Waals surface area contributed by atoms with Gasteiger partial charge in [0.15, 0.2) is 5.15 Å². The quantitative estimate of drug-likeness (QED) is 0.880. The molecule has 0 radical (unpaired) electrons. The molecule has 0 aliphatic carbocycles. The lowest BCUT2D eigenvalue weighted by Gasteiger charge is -2.23. The van der Waals surface area contributed by atoms with E-state index in [0.29, 0.717) is 11.4 Å². The summed E-state index contributed by atoms with van der Waals surface area (Å²) in [7, 11) is -3.35. The van der Waals surface area contributed by atoms with E-state index in [4.69, 9.17) is 21.1 Å². The van der Waals surface area contributed by atoms with E-state index in [1.807, 2.05) is 24.3 Å². The predicted molar refractivity (Wildman–Crippen MR) is 94.6 cm³/mol. The van der Waals surface area contributed by atoms with Crippen LogP contribution in [0.25, 0.3) is 11.1 Å². The summed E-state index contributed by atoms with van der Waals surface area (Å²) in [6.45, 7) is 1.73. The van der Waals surface area contributed by atoms with Gasteiger partial charge in [0.25, 0.3) is 0 Å². The van der Waals surface area contributed by atoms with Gasteiger partial charge < -0.3 is 9.47 Å². The number of halogens is 1. The SMILES string of the molecule is O=S1(=O)CCn2nc(Cl)c(-c3ccc(OC4CCOCC4)cc3)c2N1. The number of aromatic nitrogens is 2. The Bertz CT molecular complexity index is 874. The summed E-state index contributed by atoms with van der Waals surface area (Å²) in [5, 5.41) is 4.49. The largest absolute Gasteiger partial charge is 0.490 e. The Hall–Kier alpha value is -1.77. The van der Waals surface area contributed by atoms with Gasteiger partial charge in [0.05, 0.1) is 31.1 Å². The molecule has 0 atom stereocenters. The van der Waals surface area contributed by atoms with E-state index in [-0.39, 0.29) is 23.6 Å². The summed E-state index contributed by atoms with van der Waals surface area (Å²) in [6.07, 6.45) is 1.93. The molecule has 0 unspecified atom stereocenters. The Morgan fingerprint density at radius 1 is 1.24 bits per heavy atom. The third-order valence-corrected chi connectivity index (χ3v) is 5.84. The molecule has 1 aromatic carbocycles. The van der Waals surface area contributed by atoms with Crippen molar-refractivity contribution in [3.8, 4) is 16.9 Å². The van der Waals surface area contributed by atoms with Gasteiger partial charge in [-0.25, -0.2) is 13.1 Å². The average molecular weight is 384 g/mol. The molecule has 2 aliphatic heterocycles. The monoisotopic (exact) mass is 383 g/mol. The maximum atomic E-state index is 11.9. The zero-order valence-corrected chi connectivity index (χ0v) is 15.0. The fourth-order valence-electron chi connectivity index (χ4n) is 3.05. The molecule has 7 nitrogen and oxygen atoms in total. The fraction of sp³-hybridized carbons (Fsp3) is 0.438. The third-order valence-electron chi connectivity index (χ3n) is 4.35. The Labute approximate surface area is 150 Å². The topological polar surface area (TPSA) is 82.5 Å². The van der Waals surface area contributed by atoms with Crippen molar-refractivity contribution >= 4 is 27.4 Å². The van der Waals surface area contributed by atoms with Crippen molar-refractivity contribution in [3.63, 3.8) is 0 Å². The third kappa shape index (κ3) is 3.47. The number of sulfonamides is 1. The predicted octanol–water partition coefficient (Wildman–Crippen LogP) is 2.52. The maximum Gasteiger partial charge on any atom is 0.235 e. The van der Waals surface area contributed by atoms with E-state index in [1.165, 1.54) is 0 Å². The second kappa shape index (κ2) is 6.51. The van der Waals surface area contributed by atoms with Crippen molar-refractivity contribution in [2.24, 2.45) is 0 Å². The molecule has 0 spiro atoms. The van der Waals surface area contributed by atoms with Crippen molar-refractivity contribution in [2.75, 3.05) is 23.7 Å². The molecule has 1 fully saturated rings. The van der Waals surface area contributed by atoms with Crippen molar-refractivity contribution in [2.45, 2.75) is 25.5 Å². The fourth-order valence-corrected chi connectivity index (χ4v) is 4.35. The molecular weight excluding hydrogens is 366 g/mol. The van der Waals surface area contributed by atoms with E-state index in [2.05, 4.69) is 9.82 Å². The lowest BCUT2D eigenvalue weighted by molar-refractivity contribution is 0.0256. The van der Waals surface area contributed by atoms with Gasteiger partial charge in [-0.1, -0.05) is 23.7 Å². The highest BCUT2D eigenvalue weighted by atomic mass is 35.5. The second-order valence-electron chi connectivity index (χ2n) is 6.11. The van der Waals surface area contributed by atoms with E-state index in [1.54, 1.807) is 4.68 Å². The van der Waals surface area contributed by atoms with Gasteiger partial charge in [0, 0.05) is 12.8 Å². The molecule has 2 aliphatic rings. The Morgan fingerprint density at radius 3 is 2.68 bits per heavy atom. The smallest absolute Gasteiger partial charge is 0.235 e. The molecule has 0 saturated carbocycles. The Morgan fingerprint density at radius 2 is 1.96 bits per heavy atom. The van der Waals surface area contributed by atoms with Crippen LogP contribution in [0.2, 0.25) is 5.15 Å². The van der Waals surface area contributed by atoms with E-state index >= 15 is 0 Å². The number of hydrogen-bond donors (Lipinski definition) is 1. The van der Waals surface area contributed by atoms with E-state index < -0.39 is 10.0 Å². The number of ether oxygens (including phenoxy) is 2. The second-order valence-corrected chi connectivity index (χ2v) is 8.31. The normalized spacial score (nSPS) is 19.9. The highest BCUT2D eigenvalue weighted by molar-refractivity contribution is 7.92. The molecule has 0 amide bonds. The summed E-state index contributed by atoms with van der Waals surface area (Å²) < 4.78 is 39.1. The highest BCUT2D eigenvalue weighted by Crippen LogP contribution is 2.37. The van der Waals surface area contributed by atoms with Crippen molar-refractivity contribution in [3.05, 3.63) is 29.4 Å². The summed E-state index contributed by atoms with van der Waals surface area (Å²) in [5.74, 6) is 1.18. The lowest BCUT2D eigenvalue weighted by Crippen LogP contribution is -2.28. The van der Waals surface area contributed by atoms with Gasteiger partial charge in [0.1, 0.15) is 17.7 Å². The zero-order valence-electron chi connectivity index (χ0n) is 13.4. The molecule has 3 heterocycles. The summed E-state index contributed by atoms with van der Waals surface area (Å²) in [6, 6.07) is 7.45.